The van der Waals surface area contributed by atoms with E-state index < -0.39 is 24.0 Å². The Bertz CT molecular complexity index is 515. The van der Waals surface area contributed by atoms with Crippen molar-refractivity contribution in [1.82, 2.24) is 10.6 Å². The van der Waals surface area contributed by atoms with Gasteiger partial charge in [0.15, 0.2) is 0 Å². The Morgan fingerprint density at radius 1 is 1.35 bits per heavy atom. The van der Waals surface area contributed by atoms with Crippen molar-refractivity contribution in [2.75, 3.05) is 0 Å². The van der Waals surface area contributed by atoms with Gasteiger partial charge in [-0.1, -0.05) is 30.3 Å². The van der Waals surface area contributed by atoms with E-state index in [1.807, 2.05) is 18.2 Å². The number of rotatable bonds is 5. The van der Waals surface area contributed by atoms with Crippen LogP contribution in [-0.4, -0.2) is 35.0 Å². The normalized spacial score (nSPS) is 19.2. The van der Waals surface area contributed by atoms with Crippen molar-refractivity contribution >= 4 is 17.8 Å². The lowest BCUT2D eigenvalue weighted by atomic mass is 10.1. The second-order valence-corrected chi connectivity index (χ2v) is 4.75. The molecule has 2 atom stereocenters. The Labute approximate surface area is 116 Å². The standard InChI is InChI=1S/C14H16N2O4/c17-12-7-6-10(15-12)13(18)16-11(14(19)20)8-9-4-2-1-3-5-9/h1-5,10-11H,6-8H2,(H,15,17)(H,16,18)(H,19,20)/t10-,11?/m1/s1. The first kappa shape index (κ1) is 14.0. The van der Waals surface area contributed by atoms with Crippen LogP contribution in [0.4, 0.5) is 0 Å². The van der Waals surface area contributed by atoms with Gasteiger partial charge in [0.25, 0.3) is 0 Å². The summed E-state index contributed by atoms with van der Waals surface area (Å²) in [7, 11) is 0. The van der Waals surface area contributed by atoms with Crippen LogP contribution >= 0.6 is 0 Å². The van der Waals surface area contributed by atoms with Gasteiger partial charge in [0.05, 0.1) is 0 Å². The summed E-state index contributed by atoms with van der Waals surface area (Å²) < 4.78 is 0. The minimum absolute atomic E-state index is 0.180. The highest BCUT2D eigenvalue weighted by molar-refractivity contribution is 5.92. The van der Waals surface area contributed by atoms with Crippen molar-refractivity contribution in [1.29, 1.82) is 0 Å². The number of hydrogen-bond donors (Lipinski definition) is 3. The first-order valence-corrected chi connectivity index (χ1v) is 6.42. The number of carboxylic acids is 1. The van der Waals surface area contributed by atoms with Crippen LogP contribution in [-0.2, 0) is 20.8 Å². The molecule has 106 valence electrons. The van der Waals surface area contributed by atoms with Crippen molar-refractivity contribution in [3.05, 3.63) is 35.9 Å². The van der Waals surface area contributed by atoms with Crippen molar-refractivity contribution in [2.24, 2.45) is 0 Å². The van der Waals surface area contributed by atoms with E-state index in [0.29, 0.717) is 12.8 Å². The number of hydrogen-bond acceptors (Lipinski definition) is 3. The second kappa shape index (κ2) is 6.18. The smallest absolute Gasteiger partial charge is 0.326 e. The third-order valence-corrected chi connectivity index (χ3v) is 3.21. The average Bonchev–Trinajstić information content (AvgIpc) is 2.86. The molecular formula is C14H16N2O4. The van der Waals surface area contributed by atoms with E-state index in [4.69, 9.17) is 0 Å². The predicted octanol–water partition coefficient (Wildman–Crippen LogP) is 0.0771. The molecule has 1 fully saturated rings. The minimum Gasteiger partial charge on any atom is -0.480 e. The van der Waals surface area contributed by atoms with Gasteiger partial charge in [0.1, 0.15) is 12.1 Å². The molecule has 0 radical (unpaired) electrons. The summed E-state index contributed by atoms with van der Waals surface area (Å²) in [4.78, 5) is 34.2. The molecule has 3 N–H and O–H groups in total. The quantitative estimate of drug-likeness (QED) is 0.709. The maximum atomic E-state index is 11.9. The topological polar surface area (TPSA) is 95.5 Å². The number of carbonyl (C=O) groups excluding carboxylic acids is 2. The molecule has 1 aromatic rings. The first-order chi connectivity index (χ1) is 9.56. The fourth-order valence-electron chi connectivity index (χ4n) is 2.13. The first-order valence-electron chi connectivity index (χ1n) is 6.42. The van der Waals surface area contributed by atoms with Gasteiger partial charge in [-0.15, -0.1) is 0 Å². The molecule has 20 heavy (non-hydrogen) atoms. The average molecular weight is 276 g/mol. The Morgan fingerprint density at radius 3 is 2.60 bits per heavy atom. The number of carboxylic acid groups (broad SMARTS) is 1. The number of benzene rings is 1. The maximum absolute atomic E-state index is 11.9. The monoisotopic (exact) mass is 276 g/mol. The Morgan fingerprint density at radius 2 is 2.05 bits per heavy atom. The van der Waals surface area contributed by atoms with Gasteiger partial charge in [-0.05, 0) is 12.0 Å². The zero-order valence-corrected chi connectivity index (χ0v) is 10.8. The molecule has 0 bridgehead atoms. The lowest BCUT2D eigenvalue weighted by Gasteiger charge is -2.17. The van der Waals surface area contributed by atoms with Crippen molar-refractivity contribution in [2.45, 2.75) is 31.3 Å². The van der Waals surface area contributed by atoms with Gasteiger partial charge in [-0.2, -0.15) is 0 Å². The van der Waals surface area contributed by atoms with E-state index in [0.717, 1.165) is 5.56 Å². The van der Waals surface area contributed by atoms with E-state index in [9.17, 15) is 19.5 Å². The van der Waals surface area contributed by atoms with E-state index in [-0.39, 0.29) is 12.3 Å². The van der Waals surface area contributed by atoms with Gasteiger partial charge < -0.3 is 15.7 Å². The SMILES string of the molecule is O=C1CC[C@H](C(=O)NC(Cc2ccccc2)C(=O)O)N1. The minimum atomic E-state index is -1.09. The number of amides is 2. The van der Waals surface area contributed by atoms with Gasteiger partial charge in [-0.25, -0.2) is 4.79 Å². The highest BCUT2D eigenvalue weighted by Gasteiger charge is 2.30. The van der Waals surface area contributed by atoms with Crippen LogP contribution in [0.5, 0.6) is 0 Å². The molecule has 2 rings (SSSR count). The van der Waals surface area contributed by atoms with E-state index in [1.54, 1.807) is 12.1 Å². The zero-order chi connectivity index (χ0) is 14.5. The number of carbonyl (C=O) groups is 3. The number of nitrogens with one attached hydrogen (secondary N) is 2. The summed E-state index contributed by atoms with van der Waals surface area (Å²) >= 11 is 0. The van der Waals surface area contributed by atoms with E-state index >= 15 is 0 Å². The summed E-state index contributed by atoms with van der Waals surface area (Å²) in [6.07, 6.45) is 0.916. The molecule has 0 aliphatic carbocycles. The highest BCUT2D eigenvalue weighted by Crippen LogP contribution is 2.08. The maximum Gasteiger partial charge on any atom is 0.326 e. The van der Waals surface area contributed by atoms with Crippen molar-refractivity contribution in [3.63, 3.8) is 0 Å². The van der Waals surface area contributed by atoms with E-state index in [2.05, 4.69) is 10.6 Å². The van der Waals surface area contributed by atoms with Crippen molar-refractivity contribution in [3.8, 4) is 0 Å². The third-order valence-electron chi connectivity index (χ3n) is 3.21. The molecule has 1 heterocycles. The molecule has 1 aromatic carbocycles. The molecule has 6 nitrogen and oxygen atoms in total. The van der Waals surface area contributed by atoms with E-state index in [1.165, 1.54) is 0 Å². The largest absolute Gasteiger partial charge is 0.480 e. The Kier molecular flexibility index (Phi) is 4.34. The molecule has 2 amide bonds. The fourth-order valence-corrected chi connectivity index (χ4v) is 2.13. The molecular weight excluding hydrogens is 260 g/mol. The zero-order valence-electron chi connectivity index (χ0n) is 10.8. The molecule has 6 heteroatoms. The van der Waals surface area contributed by atoms with Gasteiger partial charge >= 0.3 is 5.97 Å². The lowest BCUT2D eigenvalue weighted by molar-refractivity contribution is -0.142. The van der Waals surface area contributed by atoms with Crippen LogP contribution in [0.2, 0.25) is 0 Å². The second-order valence-electron chi connectivity index (χ2n) is 4.75. The summed E-state index contributed by atoms with van der Waals surface area (Å²) in [5.41, 5.74) is 0.829. The third kappa shape index (κ3) is 3.57. The fraction of sp³-hybridized carbons (Fsp3) is 0.357. The van der Waals surface area contributed by atoms with Gasteiger partial charge in [0, 0.05) is 12.8 Å². The van der Waals surface area contributed by atoms with Crippen LogP contribution < -0.4 is 10.6 Å². The van der Waals surface area contributed by atoms with Crippen LogP contribution in [0.3, 0.4) is 0 Å². The van der Waals surface area contributed by atoms with Crippen LogP contribution in [0.1, 0.15) is 18.4 Å². The van der Waals surface area contributed by atoms with Crippen molar-refractivity contribution < 1.29 is 19.5 Å². The molecule has 1 unspecified atom stereocenters. The van der Waals surface area contributed by atoms with Crippen LogP contribution in [0, 0.1) is 0 Å². The molecule has 0 spiro atoms. The summed E-state index contributed by atoms with van der Waals surface area (Å²) in [6.45, 7) is 0. The highest BCUT2D eigenvalue weighted by atomic mass is 16.4. The molecule has 1 aliphatic heterocycles. The lowest BCUT2D eigenvalue weighted by Crippen LogP contribution is -2.49. The predicted molar refractivity (Wildman–Crippen MR) is 70.9 cm³/mol. The summed E-state index contributed by atoms with van der Waals surface area (Å²) in [5.74, 6) is -1.72. The Hall–Kier alpha value is -2.37. The van der Waals surface area contributed by atoms with Gasteiger partial charge in [-0.3, -0.25) is 9.59 Å². The molecule has 0 saturated carbocycles. The van der Waals surface area contributed by atoms with Crippen LogP contribution in [0.15, 0.2) is 30.3 Å². The van der Waals surface area contributed by atoms with Crippen LogP contribution in [0.25, 0.3) is 0 Å². The number of aliphatic carboxylic acids is 1. The molecule has 1 saturated heterocycles. The summed E-state index contributed by atoms with van der Waals surface area (Å²) in [6, 6.07) is 7.45. The van der Waals surface area contributed by atoms with Gasteiger partial charge in [0.2, 0.25) is 11.8 Å². The molecule has 1 aliphatic rings. The Balaban J connectivity index is 1.97. The summed E-state index contributed by atoms with van der Waals surface area (Å²) in [5, 5.41) is 14.2. The molecule has 0 aromatic heterocycles.